The number of sulfonamides is 1. The molecule has 1 fully saturated rings. The topological polar surface area (TPSA) is 102 Å². The molecule has 0 spiro atoms. The summed E-state index contributed by atoms with van der Waals surface area (Å²) < 4.78 is 45.4. The second-order valence-corrected chi connectivity index (χ2v) is 9.31. The maximum absolute atomic E-state index is 13.3. The molecule has 0 aromatic heterocycles. The molecule has 1 heterocycles. The van der Waals surface area contributed by atoms with Crippen molar-refractivity contribution < 1.29 is 22.5 Å². The van der Waals surface area contributed by atoms with Crippen molar-refractivity contribution in [2.75, 3.05) is 31.6 Å². The van der Waals surface area contributed by atoms with Gasteiger partial charge in [0.1, 0.15) is 11.5 Å². The largest absolute Gasteiger partial charge is 0.379 e. The lowest BCUT2D eigenvalue weighted by Gasteiger charge is -2.26. The highest BCUT2D eigenvalue weighted by atomic mass is 32.2. The van der Waals surface area contributed by atoms with Crippen molar-refractivity contribution >= 4 is 21.4 Å². The van der Waals surface area contributed by atoms with Gasteiger partial charge in [-0.2, -0.15) is 4.31 Å². The molecule has 1 aliphatic rings. The minimum atomic E-state index is -3.86. The number of anilines is 1. The molecule has 0 saturated carbocycles. The summed E-state index contributed by atoms with van der Waals surface area (Å²) in [6.07, 6.45) is 0. The number of rotatable bonds is 7. The van der Waals surface area contributed by atoms with E-state index in [2.05, 4.69) is 5.32 Å². The zero-order valence-electron chi connectivity index (χ0n) is 16.7. The maximum Gasteiger partial charge on any atom is 0.293 e. The van der Waals surface area contributed by atoms with E-state index < -0.39 is 14.9 Å². The van der Waals surface area contributed by atoms with Gasteiger partial charge in [0.05, 0.1) is 29.1 Å². The van der Waals surface area contributed by atoms with Gasteiger partial charge in [-0.3, -0.25) is 10.1 Å². The first-order valence-electron chi connectivity index (χ1n) is 9.58. The highest BCUT2D eigenvalue weighted by molar-refractivity contribution is 7.89. The SMILES string of the molecule is CC(C)C(Nc1ccc(S(=O)(=O)N2CCOCC2)cc1[N+](=O)[O-])c1ccc(F)cc1. The second-order valence-electron chi connectivity index (χ2n) is 7.37. The number of nitro groups is 1. The van der Waals surface area contributed by atoms with Crippen molar-refractivity contribution in [2.24, 2.45) is 5.92 Å². The van der Waals surface area contributed by atoms with E-state index in [-0.39, 0.29) is 60.4 Å². The number of hydrogen-bond donors (Lipinski definition) is 1. The maximum atomic E-state index is 13.3. The van der Waals surface area contributed by atoms with E-state index in [4.69, 9.17) is 4.74 Å². The van der Waals surface area contributed by atoms with Crippen LogP contribution in [0, 0.1) is 21.8 Å². The highest BCUT2D eigenvalue weighted by Gasteiger charge is 2.29. The molecule has 10 heteroatoms. The summed E-state index contributed by atoms with van der Waals surface area (Å²) in [7, 11) is -3.86. The van der Waals surface area contributed by atoms with E-state index in [1.54, 1.807) is 12.1 Å². The fraction of sp³-hybridized carbons (Fsp3) is 0.400. The molecule has 30 heavy (non-hydrogen) atoms. The van der Waals surface area contributed by atoms with Crippen LogP contribution >= 0.6 is 0 Å². The number of nitrogens with one attached hydrogen (secondary N) is 1. The summed E-state index contributed by atoms with van der Waals surface area (Å²) in [5.41, 5.74) is 0.631. The molecule has 8 nitrogen and oxygen atoms in total. The van der Waals surface area contributed by atoms with Crippen molar-refractivity contribution in [3.05, 3.63) is 64.0 Å². The zero-order valence-corrected chi connectivity index (χ0v) is 17.6. The van der Waals surface area contributed by atoms with Gasteiger partial charge < -0.3 is 10.1 Å². The number of ether oxygens (including phenoxy) is 1. The van der Waals surface area contributed by atoms with Crippen LogP contribution in [0.15, 0.2) is 47.4 Å². The Morgan fingerprint density at radius 1 is 1.13 bits per heavy atom. The van der Waals surface area contributed by atoms with Gasteiger partial charge in [0.2, 0.25) is 10.0 Å². The van der Waals surface area contributed by atoms with Crippen LogP contribution in [0.1, 0.15) is 25.5 Å². The molecule has 2 aromatic carbocycles. The molecule has 3 rings (SSSR count). The van der Waals surface area contributed by atoms with E-state index in [1.165, 1.54) is 28.6 Å². The standard InChI is InChI=1S/C20H24FN3O5S/c1-14(2)20(15-3-5-16(21)6-4-15)22-18-8-7-17(13-19(18)24(25)26)30(27,28)23-9-11-29-12-10-23/h3-8,13-14,20,22H,9-12H2,1-2H3. The van der Waals surface area contributed by atoms with Crippen molar-refractivity contribution in [2.45, 2.75) is 24.8 Å². The first-order chi connectivity index (χ1) is 14.2. The number of benzene rings is 2. The molecule has 0 aliphatic carbocycles. The monoisotopic (exact) mass is 437 g/mol. The number of hydrogen-bond acceptors (Lipinski definition) is 6. The lowest BCUT2D eigenvalue weighted by Crippen LogP contribution is -2.40. The van der Waals surface area contributed by atoms with Gasteiger partial charge in [-0.1, -0.05) is 26.0 Å². The van der Waals surface area contributed by atoms with E-state index >= 15 is 0 Å². The number of nitrogens with zero attached hydrogens (tertiary/aromatic N) is 2. The van der Waals surface area contributed by atoms with Crippen LogP contribution in [0.25, 0.3) is 0 Å². The molecule has 0 amide bonds. The minimum absolute atomic E-state index is 0.0341. The molecule has 1 atom stereocenters. The Bertz CT molecular complexity index is 1010. The van der Waals surface area contributed by atoms with Crippen LogP contribution in [0.2, 0.25) is 0 Å². The van der Waals surface area contributed by atoms with Crippen LogP contribution < -0.4 is 5.32 Å². The fourth-order valence-electron chi connectivity index (χ4n) is 3.35. The number of morpholine rings is 1. The normalized spacial score (nSPS) is 16.4. The number of halogens is 1. The van der Waals surface area contributed by atoms with Crippen molar-refractivity contribution in [3.63, 3.8) is 0 Å². The van der Waals surface area contributed by atoms with Gasteiger partial charge in [-0.05, 0) is 35.7 Å². The Morgan fingerprint density at radius 3 is 2.33 bits per heavy atom. The summed E-state index contributed by atoms with van der Waals surface area (Å²) >= 11 is 0. The van der Waals surface area contributed by atoms with E-state index in [0.29, 0.717) is 0 Å². The first kappa shape index (κ1) is 22.1. The van der Waals surface area contributed by atoms with Gasteiger partial charge in [0.25, 0.3) is 5.69 Å². The van der Waals surface area contributed by atoms with E-state index in [0.717, 1.165) is 11.6 Å². The van der Waals surface area contributed by atoms with Gasteiger partial charge >= 0.3 is 0 Å². The van der Waals surface area contributed by atoms with Crippen LogP contribution in [0.5, 0.6) is 0 Å². The Balaban J connectivity index is 1.95. The molecular formula is C20H24FN3O5S. The van der Waals surface area contributed by atoms with Crippen LogP contribution in [-0.2, 0) is 14.8 Å². The Kier molecular flexibility index (Phi) is 6.69. The van der Waals surface area contributed by atoms with Crippen molar-refractivity contribution in [1.82, 2.24) is 4.31 Å². The van der Waals surface area contributed by atoms with Crippen LogP contribution in [-0.4, -0.2) is 43.9 Å². The fourth-order valence-corrected chi connectivity index (χ4v) is 4.78. The summed E-state index contributed by atoms with van der Waals surface area (Å²) in [6.45, 7) is 4.85. The average Bonchev–Trinajstić information content (AvgIpc) is 2.73. The van der Waals surface area contributed by atoms with Gasteiger partial charge in [0.15, 0.2) is 0 Å². The quantitative estimate of drug-likeness (QED) is 0.525. The Morgan fingerprint density at radius 2 is 1.77 bits per heavy atom. The molecular weight excluding hydrogens is 413 g/mol. The summed E-state index contributed by atoms with van der Waals surface area (Å²) in [5.74, 6) is -0.336. The molecule has 0 radical (unpaired) electrons. The van der Waals surface area contributed by atoms with Crippen LogP contribution in [0.3, 0.4) is 0 Å². The van der Waals surface area contributed by atoms with Crippen molar-refractivity contribution in [1.29, 1.82) is 0 Å². The first-order valence-corrected chi connectivity index (χ1v) is 11.0. The molecule has 2 aromatic rings. The minimum Gasteiger partial charge on any atom is -0.379 e. The lowest BCUT2D eigenvalue weighted by atomic mass is 9.95. The third-order valence-corrected chi connectivity index (χ3v) is 6.88. The molecule has 162 valence electrons. The smallest absolute Gasteiger partial charge is 0.293 e. The molecule has 1 N–H and O–H groups in total. The van der Waals surface area contributed by atoms with E-state index in [9.17, 15) is 22.9 Å². The van der Waals surface area contributed by atoms with Crippen molar-refractivity contribution in [3.8, 4) is 0 Å². The third-order valence-electron chi connectivity index (χ3n) is 4.98. The molecule has 1 aliphatic heterocycles. The predicted molar refractivity (Wildman–Crippen MR) is 110 cm³/mol. The summed E-state index contributed by atoms with van der Waals surface area (Å²) in [5, 5.41) is 14.8. The van der Waals surface area contributed by atoms with Crippen LogP contribution in [0.4, 0.5) is 15.8 Å². The molecule has 1 saturated heterocycles. The highest BCUT2D eigenvalue weighted by Crippen LogP contribution is 2.34. The van der Waals surface area contributed by atoms with Gasteiger partial charge in [-0.15, -0.1) is 0 Å². The number of nitro benzene ring substituents is 1. The Hall–Kier alpha value is -2.56. The van der Waals surface area contributed by atoms with Gasteiger partial charge in [0, 0.05) is 19.2 Å². The molecule has 0 bridgehead atoms. The zero-order chi connectivity index (χ0) is 21.9. The lowest BCUT2D eigenvalue weighted by molar-refractivity contribution is -0.384. The third kappa shape index (κ3) is 4.77. The molecule has 1 unspecified atom stereocenters. The second kappa shape index (κ2) is 9.07. The predicted octanol–water partition coefficient (Wildman–Crippen LogP) is 3.56. The Labute approximate surface area is 174 Å². The summed E-state index contributed by atoms with van der Waals surface area (Å²) in [4.78, 5) is 11.0. The summed E-state index contributed by atoms with van der Waals surface area (Å²) in [6, 6.07) is 9.43. The van der Waals surface area contributed by atoms with E-state index in [1.807, 2.05) is 13.8 Å². The average molecular weight is 437 g/mol. The van der Waals surface area contributed by atoms with Gasteiger partial charge in [-0.25, -0.2) is 12.8 Å².